The summed E-state index contributed by atoms with van der Waals surface area (Å²) >= 11 is 1.34. The molecule has 7 heteroatoms. The molecule has 0 saturated heterocycles. The lowest BCUT2D eigenvalue weighted by Crippen LogP contribution is -2.31. The van der Waals surface area contributed by atoms with Crippen molar-refractivity contribution < 1.29 is 4.79 Å². The number of rotatable bonds is 8. The molecule has 0 aliphatic carbocycles. The van der Waals surface area contributed by atoms with Gasteiger partial charge in [0.05, 0.1) is 17.5 Å². The minimum absolute atomic E-state index is 0.0000398. The van der Waals surface area contributed by atoms with Gasteiger partial charge in [-0.1, -0.05) is 62.0 Å². The maximum atomic E-state index is 12.6. The Morgan fingerprint density at radius 2 is 1.86 bits per heavy atom. The zero-order valence-corrected chi connectivity index (χ0v) is 18.1. The molecular weight excluding hydrogens is 382 g/mol. The van der Waals surface area contributed by atoms with Gasteiger partial charge in [-0.05, 0) is 65.4 Å². The molecule has 152 valence electrons. The molecule has 1 amide bonds. The van der Waals surface area contributed by atoms with Gasteiger partial charge >= 0.3 is 0 Å². The number of benzene rings is 2. The third kappa shape index (κ3) is 5.67. The van der Waals surface area contributed by atoms with E-state index in [1.54, 1.807) is 4.68 Å². The Kier molecular flexibility index (Phi) is 7.04. The fourth-order valence-electron chi connectivity index (χ4n) is 3.09. The topological polar surface area (TPSA) is 72.7 Å². The van der Waals surface area contributed by atoms with Crippen LogP contribution in [0.4, 0.5) is 0 Å². The lowest BCUT2D eigenvalue weighted by Gasteiger charge is -2.21. The second-order valence-corrected chi connectivity index (χ2v) is 8.53. The van der Waals surface area contributed by atoms with Gasteiger partial charge in [-0.2, -0.15) is 4.68 Å². The van der Waals surface area contributed by atoms with Crippen LogP contribution in [0.2, 0.25) is 0 Å². The van der Waals surface area contributed by atoms with Crippen LogP contribution in [0.3, 0.4) is 0 Å². The molecule has 6 nitrogen and oxygen atoms in total. The number of carbonyl (C=O) groups is 1. The van der Waals surface area contributed by atoms with Crippen molar-refractivity contribution in [1.29, 1.82) is 0 Å². The summed E-state index contributed by atoms with van der Waals surface area (Å²) < 4.78 is 1.67. The molecule has 0 bridgehead atoms. The molecule has 3 rings (SSSR count). The second-order valence-electron chi connectivity index (χ2n) is 7.59. The number of hydrogen-bond acceptors (Lipinski definition) is 5. The van der Waals surface area contributed by atoms with Crippen LogP contribution in [-0.4, -0.2) is 31.9 Å². The molecule has 1 atom stereocenters. The summed E-state index contributed by atoms with van der Waals surface area (Å²) in [5.74, 6) is 0.705. The van der Waals surface area contributed by atoms with E-state index < -0.39 is 0 Å². The van der Waals surface area contributed by atoms with E-state index >= 15 is 0 Å². The smallest absolute Gasteiger partial charge is 0.230 e. The van der Waals surface area contributed by atoms with Crippen molar-refractivity contribution in [2.24, 2.45) is 5.92 Å². The van der Waals surface area contributed by atoms with Crippen molar-refractivity contribution in [3.63, 3.8) is 0 Å². The van der Waals surface area contributed by atoms with E-state index in [9.17, 15) is 4.79 Å². The molecule has 29 heavy (non-hydrogen) atoms. The zero-order valence-electron chi connectivity index (χ0n) is 17.3. The molecule has 0 spiro atoms. The Morgan fingerprint density at radius 1 is 1.10 bits per heavy atom. The minimum Gasteiger partial charge on any atom is -0.349 e. The number of nitrogens with one attached hydrogen (secondary N) is 1. The molecular formula is C22H27N5OS. The second kappa shape index (κ2) is 9.69. The van der Waals surface area contributed by atoms with E-state index in [2.05, 4.69) is 60.7 Å². The lowest BCUT2D eigenvalue weighted by atomic mass is 9.97. The largest absolute Gasteiger partial charge is 0.349 e. The Labute approximate surface area is 176 Å². The van der Waals surface area contributed by atoms with Crippen LogP contribution < -0.4 is 5.32 Å². The number of nitrogens with zero attached hydrogens (tertiary/aromatic N) is 4. The summed E-state index contributed by atoms with van der Waals surface area (Å²) in [5, 5.41) is 15.7. The Bertz CT molecular complexity index is 955. The van der Waals surface area contributed by atoms with Gasteiger partial charge in [-0.15, -0.1) is 5.10 Å². The van der Waals surface area contributed by atoms with Gasteiger partial charge in [0.25, 0.3) is 0 Å². The third-order valence-corrected chi connectivity index (χ3v) is 5.67. The van der Waals surface area contributed by atoms with Crippen LogP contribution >= 0.6 is 11.8 Å². The number of amides is 1. The molecule has 0 aliphatic rings. The van der Waals surface area contributed by atoms with Gasteiger partial charge in [0, 0.05) is 0 Å². The van der Waals surface area contributed by atoms with Crippen molar-refractivity contribution in [1.82, 2.24) is 25.5 Å². The van der Waals surface area contributed by atoms with Gasteiger partial charge in [0.2, 0.25) is 11.1 Å². The molecule has 1 heterocycles. The highest BCUT2D eigenvalue weighted by Crippen LogP contribution is 2.23. The van der Waals surface area contributed by atoms with Crippen LogP contribution in [-0.2, 0) is 4.79 Å². The van der Waals surface area contributed by atoms with Crippen LogP contribution in [0.5, 0.6) is 0 Å². The van der Waals surface area contributed by atoms with Crippen molar-refractivity contribution in [2.45, 2.75) is 45.3 Å². The molecule has 3 aromatic rings. The molecule has 0 fully saturated rings. The van der Waals surface area contributed by atoms with Crippen molar-refractivity contribution >= 4 is 17.7 Å². The first-order valence-corrected chi connectivity index (χ1v) is 10.8. The van der Waals surface area contributed by atoms with Gasteiger partial charge < -0.3 is 5.32 Å². The fourth-order valence-corrected chi connectivity index (χ4v) is 3.79. The Morgan fingerprint density at radius 3 is 2.55 bits per heavy atom. The van der Waals surface area contributed by atoms with Crippen molar-refractivity contribution in [3.05, 3.63) is 65.2 Å². The van der Waals surface area contributed by atoms with Gasteiger partial charge in [0.1, 0.15) is 0 Å². The molecule has 0 unspecified atom stereocenters. The first-order chi connectivity index (χ1) is 13.9. The van der Waals surface area contributed by atoms with E-state index in [0.29, 0.717) is 11.1 Å². The Balaban J connectivity index is 1.66. The van der Waals surface area contributed by atoms with E-state index in [-0.39, 0.29) is 17.7 Å². The first kappa shape index (κ1) is 21.0. The Hall–Kier alpha value is -2.67. The number of tetrazole rings is 1. The minimum atomic E-state index is -0.0286. The summed E-state index contributed by atoms with van der Waals surface area (Å²) in [7, 11) is 0. The van der Waals surface area contributed by atoms with E-state index in [1.165, 1.54) is 22.9 Å². The molecule has 1 N–H and O–H groups in total. The predicted molar refractivity (Wildman–Crippen MR) is 116 cm³/mol. The number of thioether (sulfide) groups is 1. The van der Waals surface area contributed by atoms with Gasteiger partial charge in [-0.3, -0.25) is 4.79 Å². The summed E-state index contributed by atoms with van der Waals surface area (Å²) in [6.07, 6.45) is 0.890. The fraction of sp³-hybridized carbons (Fsp3) is 0.364. The number of carbonyl (C=O) groups excluding carboxylic acids is 1. The number of aromatic nitrogens is 4. The number of hydrogen-bond donors (Lipinski definition) is 1. The molecule has 1 aromatic heterocycles. The van der Waals surface area contributed by atoms with Crippen LogP contribution in [0, 0.1) is 19.8 Å². The highest BCUT2D eigenvalue weighted by Gasteiger charge is 2.17. The van der Waals surface area contributed by atoms with Crippen LogP contribution in [0.25, 0.3) is 5.69 Å². The monoisotopic (exact) mass is 409 g/mol. The van der Waals surface area contributed by atoms with E-state index in [1.807, 2.05) is 36.4 Å². The zero-order chi connectivity index (χ0) is 20.8. The summed E-state index contributed by atoms with van der Waals surface area (Å²) in [6.45, 7) is 8.45. The van der Waals surface area contributed by atoms with E-state index in [4.69, 9.17) is 0 Å². The summed E-state index contributed by atoms with van der Waals surface area (Å²) in [6, 6.07) is 16.2. The highest BCUT2D eigenvalue weighted by atomic mass is 32.2. The number of aryl methyl sites for hydroxylation is 2. The van der Waals surface area contributed by atoms with Crippen molar-refractivity contribution in [2.75, 3.05) is 5.75 Å². The normalized spacial score (nSPS) is 12.2. The van der Waals surface area contributed by atoms with E-state index in [0.717, 1.165) is 17.7 Å². The molecule has 0 saturated carbocycles. The van der Waals surface area contributed by atoms with Gasteiger partial charge in [0.15, 0.2) is 0 Å². The van der Waals surface area contributed by atoms with Gasteiger partial charge in [-0.25, -0.2) is 0 Å². The summed E-state index contributed by atoms with van der Waals surface area (Å²) in [4.78, 5) is 12.6. The average Bonchev–Trinajstić information content (AvgIpc) is 3.17. The summed E-state index contributed by atoms with van der Waals surface area (Å²) in [5.41, 5.74) is 4.40. The maximum absolute atomic E-state index is 12.6. The third-order valence-electron chi connectivity index (χ3n) is 4.75. The molecule has 2 aromatic carbocycles. The predicted octanol–water partition coefficient (Wildman–Crippen LogP) is 4.27. The highest BCUT2D eigenvalue weighted by molar-refractivity contribution is 7.99. The average molecular weight is 410 g/mol. The molecule has 0 aliphatic heterocycles. The maximum Gasteiger partial charge on any atom is 0.230 e. The SMILES string of the molecule is Cc1ccc(-n2nnnc2SCC(=O)N[C@H](CC(C)C)c2ccccc2)cc1C. The molecule has 0 radical (unpaired) electrons. The standard InChI is InChI=1S/C22H27N5OS/c1-15(2)12-20(18-8-6-5-7-9-18)23-21(28)14-29-22-24-25-26-27(22)19-11-10-16(3)17(4)13-19/h5-11,13,15,20H,12,14H2,1-4H3,(H,23,28)/t20-/m1/s1. The van der Waals surface area contributed by atoms with Crippen LogP contribution in [0.15, 0.2) is 53.7 Å². The first-order valence-electron chi connectivity index (χ1n) is 9.77. The quantitative estimate of drug-likeness (QED) is 0.562. The van der Waals surface area contributed by atoms with Crippen molar-refractivity contribution in [3.8, 4) is 5.69 Å². The lowest BCUT2D eigenvalue weighted by molar-refractivity contribution is -0.119. The van der Waals surface area contributed by atoms with Crippen LogP contribution in [0.1, 0.15) is 43.0 Å².